The zero-order chi connectivity index (χ0) is 24.5. The molecule has 0 saturated heterocycles. The lowest BCUT2D eigenvalue weighted by molar-refractivity contribution is 0.0983. The van der Waals surface area contributed by atoms with Crippen molar-refractivity contribution >= 4 is 34.1 Å². The highest BCUT2D eigenvalue weighted by Gasteiger charge is 2.18. The van der Waals surface area contributed by atoms with Gasteiger partial charge in [0, 0.05) is 42.2 Å². The molecule has 3 heterocycles. The van der Waals surface area contributed by atoms with Crippen LogP contribution < -0.4 is 5.32 Å². The molecule has 2 aromatic carbocycles. The second-order valence-electron chi connectivity index (χ2n) is 8.43. The minimum atomic E-state index is -0.180. The van der Waals surface area contributed by atoms with Crippen LogP contribution in [-0.2, 0) is 20.0 Å². The Morgan fingerprint density at radius 3 is 2.69 bits per heavy atom. The molecule has 5 rings (SSSR count). The van der Waals surface area contributed by atoms with Crippen LogP contribution in [0.3, 0.4) is 0 Å². The van der Waals surface area contributed by atoms with Gasteiger partial charge in [0.1, 0.15) is 11.6 Å². The Bertz CT molecular complexity index is 1540. The van der Waals surface area contributed by atoms with Crippen molar-refractivity contribution in [1.82, 2.24) is 24.9 Å². The summed E-state index contributed by atoms with van der Waals surface area (Å²) in [5.41, 5.74) is 5.15. The average molecular weight is 487 g/mol. The summed E-state index contributed by atoms with van der Waals surface area (Å²) >= 11 is 6.15. The Labute approximate surface area is 207 Å². The molecule has 3 aromatic heterocycles. The molecule has 8 nitrogen and oxygen atoms in total. The van der Waals surface area contributed by atoms with Gasteiger partial charge in [-0.3, -0.25) is 9.48 Å². The summed E-state index contributed by atoms with van der Waals surface area (Å²) in [6, 6.07) is 13.4. The van der Waals surface area contributed by atoms with Crippen LogP contribution in [-0.4, -0.2) is 30.7 Å². The van der Waals surface area contributed by atoms with Gasteiger partial charge in [0.2, 0.25) is 5.78 Å². The largest absolute Gasteiger partial charge is 0.365 e. The molecule has 0 radical (unpaired) electrons. The Balaban J connectivity index is 1.56. The average Bonchev–Trinajstić information content (AvgIpc) is 3.40. The van der Waals surface area contributed by atoms with Crippen LogP contribution >= 0.6 is 11.6 Å². The van der Waals surface area contributed by atoms with Gasteiger partial charge < -0.3 is 9.84 Å². The Kier molecular flexibility index (Phi) is 6.05. The third kappa shape index (κ3) is 4.79. The van der Waals surface area contributed by atoms with Crippen molar-refractivity contribution < 1.29 is 9.32 Å². The summed E-state index contributed by atoms with van der Waals surface area (Å²) in [6.45, 7) is 4.28. The number of aromatic nitrogens is 5. The van der Waals surface area contributed by atoms with E-state index in [2.05, 4.69) is 25.5 Å². The number of carbonyl (C=O) groups excluding carboxylic acids is 1. The van der Waals surface area contributed by atoms with E-state index >= 15 is 0 Å². The lowest BCUT2D eigenvalue weighted by Gasteiger charge is -2.12. The molecule has 0 amide bonds. The van der Waals surface area contributed by atoms with Crippen LogP contribution in [0.5, 0.6) is 0 Å². The maximum Gasteiger partial charge on any atom is 0.204 e. The van der Waals surface area contributed by atoms with Crippen molar-refractivity contribution in [3.63, 3.8) is 0 Å². The van der Waals surface area contributed by atoms with Gasteiger partial charge in [-0.15, -0.1) is 0 Å². The van der Waals surface area contributed by atoms with Gasteiger partial charge in [-0.25, -0.2) is 9.97 Å². The standard InChI is InChI=1S/C26H23ClN6O2/c1-15-24(16(2)35-32-15)19-7-8-22-21(11-19)25(28-12-17-5-4-6-20(27)9-17)31-26(30-22)23(34)10-18-13-29-33(3)14-18/h4-9,11,13-14H,10,12H2,1-3H3,(H,28,30,31). The van der Waals surface area contributed by atoms with E-state index in [9.17, 15) is 4.79 Å². The minimum absolute atomic E-state index is 0.153. The molecule has 0 spiro atoms. The molecular formula is C26H23ClN6O2. The van der Waals surface area contributed by atoms with E-state index in [0.717, 1.165) is 39.1 Å². The lowest BCUT2D eigenvalue weighted by Crippen LogP contribution is -2.12. The van der Waals surface area contributed by atoms with Gasteiger partial charge in [0.25, 0.3) is 0 Å². The summed E-state index contributed by atoms with van der Waals surface area (Å²) < 4.78 is 7.02. The first-order chi connectivity index (χ1) is 16.9. The van der Waals surface area contributed by atoms with Crippen molar-refractivity contribution in [3.05, 3.63) is 88.3 Å². The molecule has 5 aromatic rings. The zero-order valence-corrected chi connectivity index (χ0v) is 20.3. The number of hydrogen-bond acceptors (Lipinski definition) is 7. The van der Waals surface area contributed by atoms with Crippen molar-refractivity contribution in [2.75, 3.05) is 5.32 Å². The topological polar surface area (TPSA) is 98.7 Å². The Morgan fingerprint density at radius 2 is 1.97 bits per heavy atom. The zero-order valence-electron chi connectivity index (χ0n) is 19.5. The van der Waals surface area contributed by atoms with E-state index in [4.69, 9.17) is 16.1 Å². The van der Waals surface area contributed by atoms with Crippen LogP contribution in [0.25, 0.3) is 22.0 Å². The monoisotopic (exact) mass is 486 g/mol. The molecule has 0 bridgehead atoms. The van der Waals surface area contributed by atoms with Crippen LogP contribution in [0.1, 0.15) is 33.2 Å². The van der Waals surface area contributed by atoms with Gasteiger partial charge in [-0.05, 0) is 54.8 Å². The summed E-state index contributed by atoms with van der Waals surface area (Å²) in [5, 5.41) is 13.0. The summed E-state index contributed by atoms with van der Waals surface area (Å²) in [4.78, 5) is 22.3. The highest BCUT2D eigenvalue weighted by atomic mass is 35.5. The number of rotatable bonds is 7. The third-order valence-corrected chi connectivity index (χ3v) is 5.97. The molecule has 9 heteroatoms. The molecular weight excluding hydrogens is 464 g/mol. The molecule has 0 aliphatic heterocycles. The van der Waals surface area contributed by atoms with Crippen LogP contribution in [0, 0.1) is 13.8 Å². The van der Waals surface area contributed by atoms with Crippen molar-refractivity contribution in [3.8, 4) is 11.1 Å². The number of halogens is 1. The maximum atomic E-state index is 13.1. The maximum absolute atomic E-state index is 13.1. The van der Waals surface area contributed by atoms with Crippen LogP contribution in [0.2, 0.25) is 5.02 Å². The first-order valence-corrected chi connectivity index (χ1v) is 11.5. The first-order valence-electron chi connectivity index (χ1n) is 11.1. The number of carbonyl (C=O) groups is 1. The van der Waals surface area contributed by atoms with Gasteiger partial charge in [0.05, 0.1) is 17.4 Å². The molecule has 0 aliphatic rings. The number of nitrogens with zero attached hydrogens (tertiary/aromatic N) is 5. The molecule has 1 N–H and O–H groups in total. The highest BCUT2D eigenvalue weighted by molar-refractivity contribution is 6.30. The van der Waals surface area contributed by atoms with Gasteiger partial charge in [-0.2, -0.15) is 5.10 Å². The second-order valence-corrected chi connectivity index (χ2v) is 8.87. The predicted octanol–water partition coefficient (Wildman–Crippen LogP) is 5.33. The van der Waals surface area contributed by atoms with Crippen molar-refractivity contribution in [1.29, 1.82) is 0 Å². The third-order valence-electron chi connectivity index (χ3n) is 5.74. The second kappa shape index (κ2) is 9.31. The summed E-state index contributed by atoms with van der Waals surface area (Å²) in [5.74, 6) is 1.28. The molecule has 0 unspecified atom stereocenters. The van der Waals surface area contributed by atoms with Crippen LogP contribution in [0.15, 0.2) is 59.4 Å². The summed E-state index contributed by atoms with van der Waals surface area (Å²) in [7, 11) is 1.81. The van der Waals surface area contributed by atoms with Crippen LogP contribution in [0.4, 0.5) is 5.82 Å². The Morgan fingerprint density at radius 1 is 1.11 bits per heavy atom. The molecule has 35 heavy (non-hydrogen) atoms. The fourth-order valence-corrected chi connectivity index (χ4v) is 4.31. The van der Waals surface area contributed by atoms with Gasteiger partial charge in [-0.1, -0.05) is 35.0 Å². The number of fused-ring (bicyclic) bond motifs is 1. The van der Waals surface area contributed by atoms with Gasteiger partial charge in [0.15, 0.2) is 5.82 Å². The molecule has 0 fully saturated rings. The quantitative estimate of drug-likeness (QED) is 0.310. The number of anilines is 1. The number of nitrogens with one attached hydrogen (secondary N) is 1. The van der Waals surface area contributed by atoms with E-state index < -0.39 is 0 Å². The smallest absolute Gasteiger partial charge is 0.204 e. The number of hydrogen-bond donors (Lipinski definition) is 1. The molecule has 0 atom stereocenters. The van der Waals surface area contributed by atoms with Crippen molar-refractivity contribution in [2.45, 2.75) is 26.8 Å². The number of benzene rings is 2. The number of ketones is 1. The highest BCUT2D eigenvalue weighted by Crippen LogP contribution is 2.31. The first kappa shape index (κ1) is 22.7. The fraction of sp³-hybridized carbons (Fsp3) is 0.192. The molecule has 0 saturated carbocycles. The predicted molar refractivity (Wildman–Crippen MR) is 135 cm³/mol. The molecule has 0 aliphatic carbocycles. The summed E-state index contributed by atoms with van der Waals surface area (Å²) in [6.07, 6.45) is 3.66. The van der Waals surface area contributed by atoms with E-state index in [1.807, 2.05) is 69.6 Å². The van der Waals surface area contributed by atoms with E-state index in [1.165, 1.54) is 0 Å². The normalized spacial score (nSPS) is 11.2. The minimum Gasteiger partial charge on any atom is -0.365 e. The van der Waals surface area contributed by atoms with E-state index in [-0.39, 0.29) is 18.0 Å². The Hall–Kier alpha value is -4.04. The van der Waals surface area contributed by atoms with Crippen molar-refractivity contribution in [2.24, 2.45) is 7.05 Å². The lowest BCUT2D eigenvalue weighted by atomic mass is 10.0. The number of aryl methyl sites for hydroxylation is 3. The van der Waals surface area contributed by atoms with E-state index in [0.29, 0.717) is 22.9 Å². The fourth-order valence-electron chi connectivity index (χ4n) is 4.10. The SMILES string of the molecule is Cc1noc(C)c1-c1ccc2nc(C(=O)Cc3cnn(C)c3)nc(NCc3cccc(Cl)c3)c2c1. The van der Waals surface area contributed by atoms with Gasteiger partial charge >= 0.3 is 0 Å². The van der Waals surface area contributed by atoms with E-state index in [1.54, 1.807) is 10.9 Å². The number of Topliss-reactive ketones (excluding diaryl/α,β-unsaturated/α-hetero) is 1. The molecule has 176 valence electrons.